The summed E-state index contributed by atoms with van der Waals surface area (Å²) in [6.45, 7) is 7.06. The van der Waals surface area contributed by atoms with Crippen molar-refractivity contribution in [3.8, 4) is 0 Å². The van der Waals surface area contributed by atoms with Gasteiger partial charge >= 0.3 is 0 Å². The third-order valence-corrected chi connectivity index (χ3v) is 3.13. The molecule has 2 rings (SSSR count). The number of nitrogens with two attached hydrogens (primary N) is 1. The third kappa shape index (κ3) is 3.32. The van der Waals surface area contributed by atoms with Crippen LogP contribution >= 0.6 is 0 Å². The van der Waals surface area contributed by atoms with Crippen molar-refractivity contribution in [3.63, 3.8) is 0 Å². The lowest BCUT2D eigenvalue weighted by Crippen LogP contribution is -2.11. The van der Waals surface area contributed by atoms with E-state index in [-0.39, 0.29) is 5.41 Å². The molecule has 1 aromatic heterocycles. The van der Waals surface area contributed by atoms with E-state index in [2.05, 4.69) is 37.1 Å². The van der Waals surface area contributed by atoms with Gasteiger partial charge in [0.25, 0.3) is 0 Å². The van der Waals surface area contributed by atoms with Crippen LogP contribution in [0.2, 0.25) is 0 Å². The van der Waals surface area contributed by atoms with E-state index in [1.807, 2.05) is 36.5 Å². The van der Waals surface area contributed by atoms with Gasteiger partial charge in [-0.05, 0) is 28.7 Å². The molecule has 1 aromatic carbocycles. The Kier molecular flexibility index (Phi) is 3.86. The van der Waals surface area contributed by atoms with Gasteiger partial charge in [0.1, 0.15) is 5.82 Å². The fourth-order valence-corrected chi connectivity index (χ4v) is 1.87. The molecule has 0 radical (unpaired) electrons. The molecule has 2 aromatic rings. The van der Waals surface area contributed by atoms with E-state index in [0.717, 1.165) is 17.1 Å². The van der Waals surface area contributed by atoms with Crippen molar-refractivity contribution in [1.29, 1.82) is 0 Å². The number of anilines is 2. The van der Waals surface area contributed by atoms with Gasteiger partial charge < -0.3 is 11.1 Å². The van der Waals surface area contributed by atoms with Crippen LogP contribution < -0.4 is 11.1 Å². The normalized spacial score (nSPS) is 11.4. The van der Waals surface area contributed by atoms with Crippen molar-refractivity contribution < 1.29 is 0 Å². The Balaban J connectivity index is 2.20. The summed E-state index contributed by atoms with van der Waals surface area (Å²) in [5.41, 5.74) is 9.18. The average Bonchev–Trinajstić information content (AvgIpc) is 2.39. The van der Waals surface area contributed by atoms with Gasteiger partial charge in [-0.3, -0.25) is 0 Å². The Labute approximate surface area is 114 Å². The number of aromatic nitrogens is 1. The number of benzene rings is 1. The zero-order valence-corrected chi connectivity index (χ0v) is 11.8. The molecule has 0 saturated carbocycles. The van der Waals surface area contributed by atoms with Gasteiger partial charge in [-0.25, -0.2) is 4.98 Å². The molecule has 0 amide bonds. The molecule has 3 heteroatoms. The second-order valence-electron chi connectivity index (χ2n) is 5.67. The van der Waals surface area contributed by atoms with Crippen molar-refractivity contribution in [3.05, 3.63) is 53.7 Å². The van der Waals surface area contributed by atoms with E-state index in [9.17, 15) is 0 Å². The lowest BCUT2D eigenvalue weighted by molar-refractivity contribution is 0.587. The van der Waals surface area contributed by atoms with Crippen molar-refractivity contribution in [2.24, 2.45) is 5.73 Å². The van der Waals surface area contributed by atoms with Crippen LogP contribution in [0.3, 0.4) is 0 Å². The molecule has 0 atom stereocenters. The molecule has 0 spiro atoms. The van der Waals surface area contributed by atoms with Crippen LogP contribution in [-0.2, 0) is 12.0 Å². The lowest BCUT2D eigenvalue weighted by atomic mass is 9.88. The van der Waals surface area contributed by atoms with Crippen LogP contribution in [-0.4, -0.2) is 4.98 Å². The quantitative estimate of drug-likeness (QED) is 0.881. The first-order valence-corrected chi connectivity index (χ1v) is 6.52. The third-order valence-electron chi connectivity index (χ3n) is 3.13. The topological polar surface area (TPSA) is 50.9 Å². The first-order valence-electron chi connectivity index (χ1n) is 6.52. The molecule has 100 valence electrons. The highest BCUT2D eigenvalue weighted by Gasteiger charge is 2.13. The van der Waals surface area contributed by atoms with Crippen LogP contribution in [0, 0.1) is 0 Å². The molecular formula is C16H21N3. The highest BCUT2D eigenvalue weighted by atomic mass is 15.0. The van der Waals surface area contributed by atoms with E-state index in [4.69, 9.17) is 5.73 Å². The zero-order valence-electron chi connectivity index (χ0n) is 11.8. The number of para-hydroxylation sites is 1. The summed E-state index contributed by atoms with van der Waals surface area (Å²) < 4.78 is 0. The second kappa shape index (κ2) is 5.41. The average molecular weight is 255 g/mol. The summed E-state index contributed by atoms with van der Waals surface area (Å²) in [4.78, 5) is 4.46. The van der Waals surface area contributed by atoms with Gasteiger partial charge in [0.05, 0.1) is 0 Å². The van der Waals surface area contributed by atoms with Crippen LogP contribution in [0.4, 0.5) is 11.5 Å². The SMILES string of the molecule is CC(C)(C)c1ccc(Nc2ccccc2CN)nc1. The van der Waals surface area contributed by atoms with Gasteiger partial charge in [0, 0.05) is 18.4 Å². The standard InChI is InChI=1S/C16H21N3/c1-16(2,3)13-8-9-15(18-11-13)19-14-7-5-4-6-12(14)10-17/h4-9,11H,10,17H2,1-3H3,(H,18,19). The van der Waals surface area contributed by atoms with Gasteiger partial charge in [0.2, 0.25) is 0 Å². The molecule has 3 nitrogen and oxygen atoms in total. The number of hydrogen-bond acceptors (Lipinski definition) is 3. The molecule has 3 N–H and O–H groups in total. The number of nitrogens with one attached hydrogen (secondary N) is 1. The predicted octanol–water partition coefficient (Wildman–Crippen LogP) is 3.58. The molecule has 1 heterocycles. The molecular weight excluding hydrogens is 234 g/mol. The van der Waals surface area contributed by atoms with Gasteiger partial charge in [-0.15, -0.1) is 0 Å². The Morgan fingerprint density at radius 1 is 1.11 bits per heavy atom. The lowest BCUT2D eigenvalue weighted by Gasteiger charge is -2.18. The van der Waals surface area contributed by atoms with Crippen LogP contribution in [0.15, 0.2) is 42.6 Å². The van der Waals surface area contributed by atoms with Crippen LogP contribution in [0.1, 0.15) is 31.9 Å². The summed E-state index contributed by atoms with van der Waals surface area (Å²) in [5, 5.41) is 3.31. The Morgan fingerprint density at radius 3 is 2.42 bits per heavy atom. The van der Waals surface area contributed by atoms with Gasteiger partial charge in [0.15, 0.2) is 0 Å². The minimum atomic E-state index is 0.126. The van der Waals surface area contributed by atoms with Gasteiger partial charge in [-0.1, -0.05) is 45.0 Å². The summed E-state index contributed by atoms with van der Waals surface area (Å²) in [6, 6.07) is 12.1. The van der Waals surface area contributed by atoms with Gasteiger partial charge in [-0.2, -0.15) is 0 Å². The van der Waals surface area contributed by atoms with E-state index < -0.39 is 0 Å². The molecule has 0 unspecified atom stereocenters. The monoisotopic (exact) mass is 255 g/mol. The Hall–Kier alpha value is -1.87. The summed E-state index contributed by atoms with van der Waals surface area (Å²) in [7, 11) is 0. The highest BCUT2D eigenvalue weighted by Crippen LogP contribution is 2.24. The second-order valence-corrected chi connectivity index (χ2v) is 5.67. The smallest absolute Gasteiger partial charge is 0.130 e. The number of hydrogen-bond donors (Lipinski definition) is 2. The molecule has 19 heavy (non-hydrogen) atoms. The number of nitrogens with zero attached hydrogens (tertiary/aromatic N) is 1. The molecule has 0 aliphatic heterocycles. The van der Waals surface area contributed by atoms with Crippen molar-refractivity contribution in [2.45, 2.75) is 32.7 Å². The molecule has 0 aliphatic carbocycles. The fourth-order valence-electron chi connectivity index (χ4n) is 1.87. The predicted molar refractivity (Wildman–Crippen MR) is 80.6 cm³/mol. The Morgan fingerprint density at radius 2 is 1.84 bits per heavy atom. The van der Waals surface area contributed by atoms with Crippen molar-refractivity contribution in [1.82, 2.24) is 4.98 Å². The summed E-state index contributed by atoms with van der Waals surface area (Å²) in [5.74, 6) is 0.842. The largest absolute Gasteiger partial charge is 0.340 e. The Bertz CT molecular complexity index is 539. The molecule has 0 fully saturated rings. The van der Waals surface area contributed by atoms with E-state index in [1.165, 1.54) is 5.56 Å². The minimum absolute atomic E-state index is 0.126. The fraction of sp³-hybridized carbons (Fsp3) is 0.312. The minimum Gasteiger partial charge on any atom is -0.340 e. The molecule has 0 saturated heterocycles. The van der Waals surface area contributed by atoms with E-state index >= 15 is 0 Å². The maximum atomic E-state index is 5.73. The maximum Gasteiger partial charge on any atom is 0.130 e. The maximum absolute atomic E-state index is 5.73. The first-order chi connectivity index (χ1) is 9.00. The van der Waals surface area contributed by atoms with E-state index in [0.29, 0.717) is 6.54 Å². The van der Waals surface area contributed by atoms with E-state index in [1.54, 1.807) is 0 Å². The zero-order chi connectivity index (χ0) is 13.9. The molecule has 0 aliphatic rings. The number of pyridine rings is 1. The molecule has 0 bridgehead atoms. The van der Waals surface area contributed by atoms with Crippen LogP contribution in [0.25, 0.3) is 0 Å². The van der Waals surface area contributed by atoms with Crippen LogP contribution in [0.5, 0.6) is 0 Å². The van der Waals surface area contributed by atoms with Crippen molar-refractivity contribution >= 4 is 11.5 Å². The summed E-state index contributed by atoms with van der Waals surface area (Å²) >= 11 is 0. The highest BCUT2D eigenvalue weighted by molar-refractivity contribution is 5.60. The number of rotatable bonds is 3. The first kappa shape index (κ1) is 13.6. The van der Waals surface area contributed by atoms with Crippen molar-refractivity contribution in [2.75, 3.05) is 5.32 Å². The summed E-state index contributed by atoms with van der Waals surface area (Å²) in [6.07, 6.45) is 1.92.